The Kier molecular flexibility index (Phi) is 4.46. The lowest BCUT2D eigenvalue weighted by Crippen LogP contribution is -2.40. The number of anilines is 2. The molecule has 1 aliphatic heterocycles. The van der Waals surface area contributed by atoms with Gasteiger partial charge < -0.3 is 10.6 Å². The summed E-state index contributed by atoms with van der Waals surface area (Å²) >= 11 is 0. The highest BCUT2D eigenvalue weighted by Gasteiger charge is 2.24. The molecule has 0 spiro atoms. The standard InChI is InChI=1S/C13H17N3O4S/c1-21(19,20)16-11-4-2-3-10(7-11)15-13(18)9-5-6-12(17)14-8-9/h2-4,7,9,16H,5-6,8H2,1H3,(H,14,17)(H,15,18). The van der Waals surface area contributed by atoms with Crippen LogP contribution in [-0.4, -0.2) is 33.0 Å². The van der Waals surface area contributed by atoms with Gasteiger partial charge in [-0.2, -0.15) is 0 Å². The van der Waals surface area contributed by atoms with E-state index in [9.17, 15) is 18.0 Å². The van der Waals surface area contributed by atoms with E-state index in [1.54, 1.807) is 24.3 Å². The fourth-order valence-corrected chi connectivity index (χ4v) is 2.63. The van der Waals surface area contributed by atoms with Crippen LogP contribution in [0.2, 0.25) is 0 Å². The van der Waals surface area contributed by atoms with Gasteiger partial charge in [0.15, 0.2) is 0 Å². The molecule has 8 heteroatoms. The highest BCUT2D eigenvalue weighted by atomic mass is 32.2. The maximum atomic E-state index is 12.1. The molecule has 3 N–H and O–H groups in total. The Bertz CT molecular complexity index is 647. The Morgan fingerprint density at radius 3 is 2.67 bits per heavy atom. The van der Waals surface area contributed by atoms with Crippen molar-refractivity contribution in [3.05, 3.63) is 24.3 Å². The molecule has 1 aromatic rings. The van der Waals surface area contributed by atoms with Gasteiger partial charge in [0, 0.05) is 18.7 Å². The average molecular weight is 311 g/mol. The molecule has 1 saturated heterocycles. The van der Waals surface area contributed by atoms with Crippen molar-refractivity contribution < 1.29 is 18.0 Å². The second kappa shape index (κ2) is 6.13. The van der Waals surface area contributed by atoms with E-state index in [2.05, 4.69) is 15.4 Å². The zero-order valence-corrected chi connectivity index (χ0v) is 12.4. The summed E-state index contributed by atoms with van der Waals surface area (Å²) in [6, 6.07) is 6.45. The summed E-state index contributed by atoms with van der Waals surface area (Å²) in [5, 5.41) is 5.38. The van der Waals surface area contributed by atoms with E-state index in [-0.39, 0.29) is 17.7 Å². The number of rotatable bonds is 4. The van der Waals surface area contributed by atoms with Crippen LogP contribution >= 0.6 is 0 Å². The van der Waals surface area contributed by atoms with Crippen molar-refractivity contribution in [3.8, 4) is 0 Å². The summed E-state index contributed by atoms with van der Waals surface area (Å²) in [6.45, 7) is 0.325. The Hall–Kier alpha value is -2.09. The number of carbonyl (C=O) groups is 2. The summed E-state index contributed by atoms with van der Waals surface area (Å²) < 4.78 is 24.7. The molecule has 1 fully saturated rings. The number of amides is 2. The molecule has 0 aromatic heterocycles. The first-order chi connectivity index (χ1) is 9.83. The highest BCUT2D eigenvalue weighted by Crippen LogP contribution is 2.18. The lowest BCUT2D eigenvalue weighted by molar-refractivity contribution is -0.126. The van der Waals surface area contributed by atoms with Crippen molar-refractivity contribution in [2.75, 3.05) is 22.8 Å². The molecular weight excluding hydrogens is 294 g/mol. The lowest BCUT2D eigenvalue weighted by atomic mass is 9.98. The molecule has 7 nitrogen and oxygen atoms in total. The third kappa shape index (κ3) is 4.75. The zero-order chi connectivity index (χ0) is 15.5. The second-order valence-corrected chi connectivity index (χ2v) is 6.73. The second-order valence-electron chi connectivity index (χ2n) is 4.98. The quantitative estimate of drug-likeness (QED) is 0.754. The van der Waals surface area contributed by atoms with E-state index in [1.807, 2.05) is 0 Å². The van der Waals surface area contributed by atoms with Crippen LogP contribution in [0.4, 0.5) is 11.4 Å². The van der Waals surface area contributed by atoms with E-state index in [1.165, 1.54) is 0 Å². The predicted octanol–water partition coefficient (Wildman–Crippen LogP) is 0.523. The molecule has 1 aromatic carbocycles. The van der Waals surface area contributed by atoms with Crippen LogP contribution in [-0.2, 0) is 19.6 Å². The van der Waals surface area contributed by atoms with Gasteiger partial charge in [0.05, 0.1) is 17.9 Å². The molecule has 0 aliphatic carbocycles. The van der Waals surface area contributed by atoms with Crippen molar-refractivity contribution in [1.82, 2.24) is 5.32 Å². The number of benzene rings is 1. The number of hydrogen-bond acceptors (Lipinski definition) is 4. The summed E-state index contributed by atoms with van der Waals surface area (Å²) in [7, 11) is -3.36. The van der Waals surface area contributed by atoms with Gasteiger partial charge in [-0.05, 0) is 24.6 Å². The SMILES string of the molecule is CS(=O)(=O)Nc1cccc(NC(=O)C2CCC(=O)NC2)c1. The first-order valence-electron chi connectivity index (χ1n) is 6.49. The Morgan fingerprint density at radius 2 is 2.05 bits per heavy atom. The van der Waals surface area contributed by atoms with E-state index < -0.39 is 10.0 Å². The molecule has 114 valence electrons. The molecule has 0 radical (unpaired) electrons. The van der Waals surface area contributed by atoms with Crippen molar-refractivity contribution >= 4 is 33.2 Å². The van der Waals surface area contributed by atoms with Gasteiger partial charge in [-0.15, -0.1) is 0 Å². The molecule has 1 heterocycles. The fourth-order valence-electron chi connectivity index (χ4n) is 2.08. The predicted molar refractivity (Wildman–Crippen MR) is 79.3 cm³/mol. The largest absolute Gasteiger partial charge is 0.355 e. The molecule has 0 bridgehead atoms. The maximum absolute atomic E-state index is 12.1. The van der Waals surface area contributed by atoms with Gasteiger partial charge in [-0.1, -0.05) is 6.07 Å². The maximum Gasteiger partial charge on any atom is 0.229 e. The van der Waals surface area contributed by atoms with Gasteiger partial charge in [0.25, 0.3) is 0 Å². The van der Waals surface area contributed by atoms with Gasteiger partial charge in [-0.3, -0.25) is 14.3 Å². The van der Waals surface area contributed by atoms with E-state index in [0.717, 1.165) is 6.26 Å². The number of carbonyl (C=O) groups excluding carboxylic acids is 2. The number of piperidine rings is 1. The number of sulfonamides is 1. The average Bonchev–Trinajstić information content (AvgIpc) is 2.37. The zero-order valence-electron chi connectivity index (χ0n) is 11.5. The van der Waals surface area contributed by atoms with Gasteiger partial charge in [0.2, 0.25) is 21.8 Å². The molecule has 2 rings (SSSR count). The van der Waals surface area contributed by atoms with Gasteiger partial charge in [0.1, 0.15) is 0 Å². The molecular formula is C13H17N3O4S. The Labute approximate surface area is 123 Å². The minimum absolute atomic E-state index is 0.0431. The van der Waals surface area contributed by atoms with Crippen LogP contribution in [0.25, 0.3) is 0 Å². The molecule has 1 aliphatic rings. The highest BCUT2D eigenvalue weighted by molar-refractivity contribution is 7.92. The third-order valence-electron chi connectivity index (χ3n) is 3.07. The van der Waals surface area contributed by atoms with Crippen molar-refractivity contribution in [1.29, 1.82) is 0 Å². The molecule has 1 atom stereocenters. The first-order valence-corrected chi connectivity index (χ1v) is 8.38. The molecule has 1 unspecified atom stereocenters. The number of hydrogen-bond donors (Lipinski definition) is 3. The summed E-state index contributed by atoms with van der Waals surface area (Å²) in [5.41, 5.74) is 0.887. The minimum Gasteiger partial charge on any atom is -0.355 e. The van der Waals surface area contributed by atoms with Crippen LogP contribution in [0, 0.1) is 5.92 Å². The van der Waals surface area contributed by atoms with Crippen LogP contribution < -0.4 is 15.4 Å². The lowest BCUT2D eigenvalue weighted by Gasteiger charge is -2.21. The van der Waals surface area contributed by atoms with E-state index in [4.69, 9.17) is 0 Å². The van der Waals surface area contributed by atoms with Crippen LogP contribution in [0.15, 0.2) is 24.3 Å². The van der Waals surface area contributed by atoms with Crippen molar-refractivity contribution in [3.63, 3.8) is 0 Å². The van der Waals surface area contributed by atoms with Crippen molar-refractivity contribution in [2.24, 2.45) is 5.92 Å². The first kappa shape index (κ1) is 15.3. The van der Waals surface area contributed by atoms with E-state index >= 15 is 0 Å². The fraction of sp³-hybridized carbons (Fsp3) is 0.385. The Balaban J connectivity index is 2.01. The summed E-state index contributed by atoms with van der Waals surface area (Å²) in [5.74, 6) is -0.501. The molecule has 2 amide bonds. The van der Waals surface area contributed by atoms with Gasteiger partial charge >= 0.3 is 0 Å². The van der Waals surface area contributed by atoms with Crippen LogP contribution in [0.3, 0.4) is 0 Å². The van der Waals surface area contributed by atoms with Crippen LogP contribution in [0.5, 0.6) is 0 Å². The molecule has 0 saturated carbocycles. The smallest absolute Gasteiger partial charge is 0.229 e. The normalized spacial score (nSPS) is 18.7. The number of nitrogens with one attached hydrogen (secondary N) is 3. The summed E-state index contributed by atoms with van der Waals surface area (Å²) in [6.07, 6.45) is 1.91. The monoisotopic (exact) mass is 311 g/mol. The third-order valence-corrected chi connectivity index (χ3v) is 3.68. The van der Waals surface area contributed by atoms with Gasteiger partial charge in [-0.25, -0.2) is 8.42 Å². The minimum atomic E-state index is -3.36. The van der Waals surface area contributed by atoms with Crippen LogP contribution in [0.1, 0.15) is 12.8 Å². The topological polar surface area (TPSA) is 104 Å². The molecule has 21 heavy (non-hydrogen) atoms. The summed E-state index contributed by atoms with van der Waals surface area (Å²) in [4.78, 5) is 23.1. The Morgan fingerprint density at radius 1 is 1.33 bits per heavy atom. The van der Waals surface area contributed by atoms with E-state index in [0.29, 0.717) is 30.8 Å². The van der Waals surface area contributed by atoms with Crippen molar-refractivity contribution in [2.45, 2.75) is 12.8 Å².